The molecule has 1 aromatic carbocycles. The molecule has 0 aliphatic heterocycles. The van der Waals surface area contributed by atoms with E-state index >= 15 is 0 Å². The molecule has 1 saturated carbocycles. The molecule has 0 atom stereocenters. The van der Waals surface area contributed by atoms with Crippen molar-refractivity contribution in [2.24, 2.45) is 0 Å². The molecule has 1 aliphatic carbocycles. The summed E-state index contributed by atoms with van der Waals surface area (Å²) in [7, 11) is 3.35. The highest BCUT2D eigenvalue weighted by atomic mass is 16.5. The van der Waals surface area contributed by atoms with E-state index in [-0.39, 0.29) is 18.0 Å². The molecule has 0 saturated heterocycles. The second-order valence-electron chi connectivity index (χ2n) is 7.78. The summed E-state index contributed by atoms with van der Waals surface area (Å²) in [5.41, 5.74) is 1.47. The number of amides is 1. The van der Waals surface area contributed by atoms with Gasteiger partial charge in [0, 0.05) is 24.2 Å². The molecule has 1 heterocycles. The molecule has 158 valence electrons. The first kappa shape index (κ1) is 21.1. The zero-order valence-electron chi connectivity index (χ0n) is 17.6. The van der Waals surface area contributed by atoms with Gasteiger partial charge < -0.3 is 20.1 Å². The number of hydrogen-bond donors (Lipinski definition) is 2. The van der Waals surface area contributed by atoms with E-state index in [4.69, 9.17) is 9.47 Å². The van der Waals surface area contributed by atoms with E-state index in [2.05, 4.69) is 20.9 Å². The molecular formula is C21H31N5O3. The van der Waals surface area contributed by atoms with Crippen LogP contribution >= 0.6 is 0 Å². The molecule has 1 aliphatic rings. The number of carbonyl (C=O) groups is 1. The number of nitrogens with zero attached hydrogens (tertiary/aromatic N) is 3. The van der Waals surface area contributed by atoms with Gasteiger partial charge in [-0.15, -0.1) is 5.10 Å². The molecule has 0 bridgehead atoms. The zero-order valence-corrected chi connectivity index (χ0v) is 17.6. The van der Waals surface area contributed by atoms with E-state index in [1.54, 1.807) is 20.4 Å². The summed E-state index contributed by atoms with van der Waals surface area (Å²) in [5, 5.41) is 14.7. The summed E-state index contributed by atoms with van der Waals surface area (Å²) in [6, 6.07) is 6.65. The Morgan fingerprint density at radius 1 is 1.21 bits per heavy atom. The number of hydrogen-bond acceptors (Lipinski definition) is 6. The third kappa shape index (κ3) is 5.47. The molecule has 8 nitrogen and oxygen atoms in total. The first-order chi connectivity index (χ1) is 14.0. The Hall–Kier alpha value is -2.61. The van der Waals surface area contributed by atoms with Gasteiger partial charge in [0.25, 0.3) is 5.91 Å². The molecule has 3 rings (SSSR count). The van der Waals surface area contributed by atoms with Crippen molar-refractivity contribution in [2.75, 3.05) is 14.2 Å². The van der Waals surface area contributed by atoms with Crippen molar-refractivity contribution in [3.63, 3.8) is 0 Å². The number of methoxy groups -OCH3 is 2. The maximum absolute atomic E-state index is 12.1. The van der Waals surface area contributed by atoms with Gasteiger partial charge in [-0.2, -0.15) is 0 Å². The number of carbonyl (C=O) groups excluding carboxylic acids is 1. The molecule has 0 spiro atoms. The summed E-state index contributed by atoms with van der Waals surface area (Å²) < 4.78 is 12.6. The van der Waals surface area contributed by atoms with Gasteiger partial charge in [0.2, 0.25) is 0 Å². The molecule has 29 heavy (non-hydrogen) atoms. The second kappa shape index (κ2) is 9.73. The Bertz CT molecular complexity index is 812. The summed E-state index contributed by atoms with van der Waals surface area (Å²) in [5.74, 6) is 1.52. The minimum absolute atomic E-state index is 0.0809. The van der Waals surface area contributed by atoms with Gasteiger partial charge in [-0.25, -0.2) is 4.68 Å². The Labute approximate surface area is 172 Å². The molecule has 0 radical (unpaired) electrons. The van der Waals surface area contributed by atoms with E-state index < -0.39 is 0 Å². The summed E-state index contributed by atoms with van der Waals surface area (Å²) >= 11 is 0. The number of aromatic nitrogens is 3. The van der Waals surface area contributed by atoms with Crippen LogP contribution in [0.25, 0.3) is 0 Å². The van der Waals surface area contributed by atoms with Crippen molar-refractivity contribution in [2.45, 2.75) is 64.2 Å². The quantitative estimate of drug-likeness (QED) is 0.707. The van der Waals surface area contributed by atoms with Gasteiger partial charge in [0.05, 0.1) is 26.5 Å². The van der Waals surface area contributed by atoms with Crippen LogP contribution in [-0.2, 0) is 6.54 Å². The van der Waals surface area contributed by atoms with E-state index in [1.165, 1.54) is 0 Å². The average Bonchev–Trinajstić information content (AvgIpc) is 3.22. The van der Waals surface area contributed by atoms with Gasteiger partial charge in [0.15, 0.2) is 5.69 Å². The third-order valence-corrected chi connectivity index (χ3v) is 5.30. The Morgan fingerprint density at radius 3 is 2.62 bits per heavy atom. The molecule has 2 N–H and O–H groups in total. The van der Waals surface area contributed by atoms with E-state index in [0.29, 0.717) is 11.7 Å². The maximum Gasteiger partial charge on any atom is 0.273 e. The van der Waals surface area contributed by atoms with Gasteiger partial charge >= 0.3 is 0 Å². The lowest BCUT2D eigenvalue weighted by atomic mass is 9.91. The largest absolute Gasteiger partial charge is 0.497 e. The molecule has 1 aromatic heterocycles. The number of benzene rings is 1. The first-order valence-electron chi connectivity index (χ1n) is 10.2. The van der Waals surface area contributed by atoms with Gasteiger partial charge in [-0.1, -0.05) is 5.21 Å². The van der Waals surface area contributed by atoms with Crippen molar-refractivity contribution in [1.29, 1.82) is 0 Å². The number of ether oxygens (including phenoxy) is 2. The predicted molar refractivity (Wildman–Crippen MR) is 110 cm³/mol. The SMILES string of the molecule is COc1ccc(OC)c(CNC2CCC(n3cc(C(=O)NC(C)C)nn3)CC2)c1. The van der Waals surface area contributed by atoms with Crippen molar-refractivity contribution >= 4 is 5.91 Å². The molecule has 2 aromatic rings. The minimum atomic E-state index is -0.172. The number of nitrogens with one attached hydrogen (secondary N) is 2. The van der Waals surface area contributed by atoms with Crippen LogP contribution in [0.15, 0.2) is 24.4 Å². The second-order valence-corrected chi connectivity index (χ2v) is 7.78. The van der Waals surface area contributed by atoms with Crippen molar-refractivity contribution in [1.82, 2.24) is 25.6 Å². The lowest BCUT2D eigenvalue weighted by molar-refractivity contribution is 0.0938. The van der Waals surface area contributed by atoms with Gasteiger partial charge in [-0.3, -0.25) is 4.79 Å². The summed E-state index contributed by atoms with van der Waals surface area (Å²) in [6.07, 6.45) is 5.86. The predicted octanol–water partition coefficient (Wildman–Crippen LogP) is 2.71. The van der Waals surface area contributed by atoms with Crippen LogP contribution in [0.1, 0.15) is 61.6 Å². The van der Waals surface area contributed by atoms with Crippen LogP contribution in [0.2, 0.25) is 0 Å². The highest BCUT2D eigenvalue weighted by Gasteiger charge is 2.24. The standard InChI is InChI=1S/C21H31N5O3/c1-14(2)23-21(27)19-13-26(25-24-19)17-7-5-16(6-8-17)22-12-15-11-18(28-3)9-10-20(15)29-4/h9-11,13-14,16-17,22H,5-8,12H2,1-4H3,(H,23,27). The Kier molecular flexibility index (Phi) is 7.09. The Morgan fingerprint density at radius 2 is 1.97 bits per heavy atom. The van der Waals surface area contributed by atoms with E-state index in [1.807, 2.05) is 36.7 Å². The highest BCUT2D eigenvalue weighted by Crippen LogP contribution is 2.29. The smallest absolute Gasteiger partial charge is 0.273 e. The normalized spacial score (nSPS) is 19.2. The van der Waals surface area contributed by atoms with Crippen molar-refractivity contribution in [3.8, 4) is 11.5 Å². The lowest BCUT2D eigenvalue weighted by Crippen LogP contribution is -2.33. The minimum Gasteiger partial charge on any atom is -0.497 e. The van der Waals surface area contributed by atoms with Crippen LogP contribution in [0.4, 0.5) is 0 Å². The monoisotopic (exact) mass is 401 g/mol. The van der Waals surface area contributed by atoms with Crippen LogP contribution in [-0.4, -0.2) is 47.2 Å². The molecular weight excluding hydrogens is 370 g/mol. The number of rotatable bonds is 8. The molecule has 8 heteroatoms. The van der Waals surface area contributed by atoms with Crippen LogP contribution in [0.3, 0.4) is 0 Å². The zero-order chi connectivity index (χ0) is 20.8. The van der Waals surface area contributed by atoms with Crippen molar-refractivity contribution in [3.05, 3.63) is 35.7 Å². The van der Waals surface area contributed by atoms with E-state index in [9.17, 15) is 4.79 Å². The molecule has 1 amide bonds. The fourth-order valence-corrected chi connectivity index (χ4v) is 3.71. The van der Waals surface area contributed by atoms with Gasteiger partial charge in [0.1, 0.15) is 11.5 Å². The highest BCUT2D eigenvalue weighted by molar-refractivity contribution is 5.91. The van der Waals surface area contributed by atoms with E-state index in [0.717, 1.165) is 49.3 Å². The molecule has 0 unspecified atom stereocenters. The van der Waals surface area contributed by atoms with Gasteiger partial charge in [-0.05, 0) is 57.7 Å². The fraction of sp³-hybridized carbons (Fsp3) is 0.571. The summed E-state index contributed by atoms with van der Waals surface area (Å²) in [6.45, 7) is 4.59. The Balaban J connectivity index is 1.51. The van der Waals surface area contributed by atoms with Crippen LogP contribution in [0, 0.1) is 0 Å². The first-order valence-corrected chi connectivity index (χ1v) is 10.2. The fourth-order valence-electron chi connectivity index (χ4n) is 3.71. The summed E-state index contributed by atoms with van der Waals surface area (Å²) in [4.78, 5) is 12.1. The topological polar surface area (TPSA) is 90.3 Å². The van der Waals surface area contributed by atoms with Crippen LogP contribution in [0.5, 0.6) is 11.5 Å². The lowest BCUT2D eigenvalue weighted by Gasteiger charge is -2.29. The van der Waals surface area contributed by atoms with Crippen LogP contribution < -0.4 is 20.1 Å². The maximum atomic E-state index is 12.1. The van der Waals surface area contributed by atoms with Crippen molar-refractivity contribution < 1.29 is 14.3 Å². The third-order valence-electron chi connectivity index (χ3n) is 5.30. The molecule has 1 fully saturated rings. The average molecular weight is 402 g/mol.